The van der Waals surface area contributed by atoms with E-state index >= 15 is 0 Å². The Balaban J connectivity index is 1.95. The van der Waals surface area contributed by atoms with Crippen LogP contribution in [0.1, 0.15) is 0 Å². The molecule has 0 aliphatic carbocycles. The van der Waals surface area contributed by atoms with Crippen LogP contribution in [-0.2, 0) is 9.59 Å². The smallest absolute Gasteiger partial charge is 0.353 e. The lowest BCUT2D eigenvalue weighted by Crippen LogP contribution is -2.68. The van der Waals surface area contributed by atoms with Gasteiger partial charge < -0.3 is 10.8 Å². The van der Waals surface area contributed by atoms with Gasteiger partial charge in [0.15, 0.2) is 0 Å². The molecule has 0 radical (unpaired) electrons. The largest absolute Gasteiger partial charge is 0.477 e. The molecule has 3 rings (SSSR count). The number of amides is 1. The molecule has 1 amide bonds. The first-order valence-electron chi connectivity index (χ1n) is 5.21. The van der Waals surface area contributed by atoms with Gasteiger partial charge in [0.2, 0.25) is 5.91 Å². The summed E-state index contributed by atoms with van der Waals surface area (Å²) in [4.78, 5) is 25.0. The van der Waals surface area contributed by atoms with Crippen LogP contribution < -0.4 is 5.73 Å². The van der Waals surface area contributed by atoms with Crippen LogP contribution in [0.25, 0.3) is 0 Å². The molecule has 1 aromatic heterocycles. The molecule has 19 heavy (non-hydrogen) atoms. The van der Waals surface area contributed by atoms with Gasteiger partial charge >= 0.3 is 5.97 Å². The van der Waals surface area contributed by atoms with Gasteiger partial charge in [-0.1, -0.05) is 16.3 Å². The fourth-order valence-electron chi connectivity index (χ4n) is 1.89. The first kappa shape index (κ1) is 12.9. The predicted octanol–water partition coefficient (Wildman–Crippen LogP) is 0.169. The minimum atomic E-state index is -1.11. The summed E-state index contributed by atoms with van der Waals surface area (Å²) < 4.78 is 4.52. The van der Waals surface area contributed by atoms with Crippen LogP contribution in [0.5, 0.6) is 0 Å². The Kier molecular flexibility index (Phi) is 3.25. The molecule has 2 atom stereocenters. The third kappa shape index (κ3) is 2.04. The van der Waals surface area contributed by atoms with Gasteiger partial charge in [-0.05, 0) is 11.5 Å². The van der Waals surface area contributed by atoms with E-state index in [1.807, 2.05) is 0 Å². The van der Waals surface area contributed by atoms with E-state index in [4.69, 9.17) is 5.73 Å². The van der Waals surface area contributed by atoms with Crippen LogP contribution in [0.15, 0.2) is 21.0 Å². The number of thioether (sulfide) groups is 2. The van der Waals surface area contributed by atoms with Crippen molar-refractivity contribution in [1.82, 2.24) is 14.5 Å². The Bertz CT molecular complexity index is 573. The van der Waals surface area contributed by atoms with E-state index in [0.29, 0.717) is 10.7 Å². The van der Waals surface area contributed by atoms with Crippen molar-refractivity contribution in [2.24, 2.45) is 5.73 Å². The van der Waals surface area contributed by atoms with Gasteiger partial charge in [-0.3, -0.25) is 9.69 Å². The number of nitrogens with zero attached hydrogens (tertiary/aromatic N) is 3. The molecule has 1 aromatic rings. The number of β-lactam (4-membered cyclic amide) rings is 1. The predicted molar refractivity (Wildman–Crippen MR) is 71.5 cm³/mol. The average molecular weight is 316 g/mol. The zero-order chi connectivity index (χ0) is 13.6. The molecular weight excluding hydrogens is 308 g/mol. The van der Waals surface area contributed by atoms with E-state index in [1.54, 1.807) is 6.20 Å². The van der Waals surface area contributed by atoms with Crippen molar-refractivity contribution < 1.29 is 14.7 Å². The highest BCUT2D eigenvalue weighted by atomic mass is 32.2. The maximum atomic E-state index is 11.7. The maximum absolute atomic E-state index is 11.7. The van der Waals surface area contributed by atoms with E-state index in [9.17, 15) is 14.7 Å². The monoisotopic (exact) mass is 316 g/mol. The molecule has 0 spiro atoms. The number of carboxylic acid groups (broad SMARTS) is 1. The molecule has 0 bridgehead atoms. The van der Waals surface area contributed by atoms with Gasteiger partial charge in [-0.2, -0.15) is 0 Å². The molecule has 3 heterocycles. The summed E-state index contributed by atoms with van der Waals surface area (Å²) >= 11 is 3.95. The van der Waals surface area contributed by atoms with Crippen molar-refractivity contribution in [3.63, 3.8) is 0 Å². The molecule has 2 aliphatic heterocycles. The summed E-state index contributed by atoms with van der Waals surface area (Å²) in [6.45, 7) is 0. The second-order valence-corrected chi connectivity index (χ2v) is 7.14. The molecule has 0 saturated carbocycles. The second-order valence-electron chi connectivity index (χ2n) is 3.85. The molecule has 3 N–H and O–H groups in total. The number of nitrogens with two attached hydrogens (primary N) is 1. The number of carbonyl (C=O) groups is 2. The Morgan fingerprint density at radius 2 is 2.42 bits per heavy atom. The van der Waals surface area contributed by atoms with E-state index in [1.165, 1.54) is 40.0 Å². The SMILES string of the molecule is N[C@@H]1C(=O)N2C(C(=O)O)=C(Sc3cnns3)CS[C@H]12. The summed E-state index contributed by atoms with van der Waals surface area (Å²) in [7, 11) is 0. The van der Waals surface area contributed by atoms with Gasteiger partial charge in [0.25, 0.3) is 0 Å². The first-order valence-corrected chi connectivity index (χ1v) is 7.85. The number of aromatic nitrogens is 2. The number of rotatable bonds is 3. The standard InChI is InChI=1S/C9H8N4O3S3/c10-5-7(14)13-6(9(15)16)3(2-17-8(5)13)18-4-1-11-12-19-4/h1,5,8H,2,10H2,(H,15,16)/t5-,8-/m1/s1. The topological polar surface area (TPSA) is 109 Å². The zero-order valence-corrected chi connectivity index (χ0v) is 11.8. The molecule has 7 nitrogen and oxygen atoms in total. The second kappa shape index (κ2) is 4.78. The Hall–Kier alpha value is -1.10. The number of hydrogen-bond acceptors (Lipinski definition) is 8. The summed E-state index contributed by atoms with van der Waals surface area (Å²) in [5, 5.41) is 12.8. The number of carbonyl (C=O) groups excluding carboxylic acids is 1. The Morgan fingerprint density at radius 1 is 1.63 bits per heavy atom. The lowest BCUT2D eigenvalue weighted by molar-refractivity contribution is -0.147. The van der Waals surface area contributed by atoms with Crippen molar-refractivity contribution in [2.75, 3.05) is 5.75 Å². The lowest BCUT2D eigenvalue weighted by Gasteiger charge is -2.47. The quantitative estimate of drug-likeness (QED) is 0.759. The molecule has 1 fully saturated rings. The Morgan fingerprint density at radius 3 is 3.05 bits per heavy atom. The van der Waals surface area contributed by atoms with Crippen molar-refractivity contribution >= 4 is 46.9 Å². The van der Waals surface area contributed by atoms with Crippen LogP contribution >= 0.6 is 35.1 Å². The van der Waals surface area contributed by atoms with Gasteiger partial charge in [-0.25, -0.2) is 4.79 Å². The highest BCUT2D eigenvalue weighted by Crippen LogP contribution is 2.44. The van der Waals surface area contributed by atoms with Crippen molar-refractivity contribution in [1.29, 1.82) is 0 Å². The van der Waals surface area contributed by atoms with Crippen LogP contribution in [0.2, 0.25) is 0 Å². The summed E-state index contributed by atoms with van der Waals surface area (Å²) in [5.41, 5.74) is 5.70. The number of hydrogen-bond donors (Lipinski definition) is 2. The van der Waals surface area contributed by atoms with Crippen molar-refractivity contribution in [3.05, 3.63) is 16.8 Å². The number of carboxylic acids is 1. The van der Waals surface area contributed by atoms with E-state index in [2.05, 4.69) is 9.59 Å². The molecule has 0 aromatic carbocycles. The Labute approximate surface area is 120 Å². The van der Waals surface area contributed by atoms with Crippen LogP contribution in [-0.4, -0.2) is 48.6 Å². The molecule has 1 saturated heterocycles. The zero-order valence-electron chi connectivity index (χ0n) is 9.35. The van der Waals surface area contributed by atoms with Gasteiger partial charge in [-0.15, -0.1) is 16.9 Å². The van der Waals surface area contributed by atoms with Crippen molar-refractivity contribution in [2.45, 2.75) is 15.6 Å². The molecule has 10 heteroatoms. The molecule has 0 unspecified atom stereocenters. The average Bonchev–Trinajstić information content (AvgIpc) is 2.89. The van der Waals surface area contributed by atoms with Gasteiger partial charge in [0, 0.05) is 10.7 Å². The number of aliphatic carboxylic acids is 1. The van der Waals surface area contributed by atoms with Crippen LogP contribution in [0, 0.1) is 0 Å². The van der Waals surface area contributed by atoms with E-state index in [-0.39, 0.29) is 17.0 Å². The fourth-order valence-corrected chi connectivity index (χ4v) is 4.92. The summed E-state index contributed by atoms with van der Waals surface area (Å²) in [5.74, 6) is -0.924. The van der Waals surface area contributed by atoms with E-state index < -0.39 is 12.0 Å². The lowest BCUT2D eigenvalue weighted by atomic mass is 10.1. The minimum Gasteiger partial charge on any atom is -0.477 e. The summed E-state index contributed by atoms with van der Waals surface area (Å²) in [6.07, 6.45) is 1.57. The third-order valence-corrected chi connectivity index (χ3v) is 6.05. The maximum Gasteiger partial charge on any atom is 0.353 e. The highest BCUT2D eigenvalue weighted by molar-refractivity contribution is 8.07. The van der Waals surface area contributed by atoms with Crippen LogP contribution in [0.4, 0.5) is 0 Å². The van der Waals surface area contributed by atoms with Gasteiger partial charge in [0.1, 0.15) is 21.3 Å². The minimum absolute atomic E-state index is 0.0360. The molecule has 2 aliphatic rings. The highest BCUT2D eigenvalue weighted by Gasteiger charge is 2.51. The molecule has 100 valence electrons. The molecular formula is C9H8N4O3S3. The van der Waals surface area contributed by atoms with Crippen LogP contribution in [0.3, 0.4) is 0 Å². The third-order valence-electron chi connectivity index (χ3n) is 2.74. The first-order chi connectivity index (χ1) is 9.09. The van der Waals surface area contributed by atoms with Gasteiger partial charge in [0.05, 0.1) is 6.20 Å². The van der Waals surface area contributed by atoms with E-state index in [0.717, 1.165) is 4.21 Å². The fraction of sp³-hybridized carbons (Fsp3) is 0.333. The normalized spacial score (nSPS) is 26.2. The van der Waals surface area contributed by atoms with Crippen molar-refractivity contribution in [3.8, 4) is 0 Å². The summed E-state index contributed by atoms with van der Waals surface area (Å²) in [6, 6.07) is -0.601. The number of fused-ring (bicyclic) bond motifs is 1.